The molecule has 17 heteroatoms. The number of piperidine rings is 2. The van der Waals surface area contributed by atoms with Gasteiger partial charge in [-0.3, -0.25) is 38.5 Å². The van der Waals surface area contributed by atoms with Gasteiger partial charge in [-0.1, -0.05) is 18.2 Å². The molecule has 1 aromatic heterocycles. The Morgan fingerprint density at radius 2 is 1.74 bits per heavy atom. The molecular weight excluding hydrogens is 722 g/mol. The highest BCUT2D eigenvalue weighted by Crippen LogP contribution is 2.40. The van der Waals surface area contributed by atoms with Crippen molar-refractivity contribution in [2.24, 2.45) is 7.05 Å². The molecule has 3 saturated heterocycles. The lowest BCUT2D eigenvalue weighted by Crippen LogP contribution is -2.44. The van der Waals surface area contributed by atoms with E-state index in [2.05, 4.69) is 10.2 Å². The normalized spacial score (nSPS) is 20.9. The molecule has 0 spiro atoms. The average molecular weight is 760 g/mol. The van der Waals surface area contributed by atoms with Crippen LogP contribution in [0.3, 0.4) is 0 Å². The number of halogens is 1. The molecule has 0 aliphatic carbocycles. The first-order valence-corrected chi connectivity index (χ1v) is 19.2. The highest BCUT2D eigenvalue weighted by Gasteiger charge is 2.38. The molecule has 5 heterocycles. The number of carbonyl (C=O) groups is 4. The van der Waals surface area contributed by atoms with Gasteiger partial charge in [-0.25, -0.2) is 18.2 Å². The van der Waals surface area contributed by atoms with Crippen LogP contribution < -0.4 is 20.0 Å². The van der Waals surface area contributed by atoms with E-state index in [4.69, 9.17) is 0 Å². The Morgan fingerprint density at radius 1 is 0.981 bits per heavy atom. The Morgan fingerprint density at radius 3 is 2.44 bits per heavy atom. The van der Waals surface area contributed by atoms with Gasteiger partial charge >= 0.3 is 15.9 Å². The SMILES string of the molecule is Cc1cc2cc(O)c(N3CC(=O)NS3(=O)=O)c(F)c2cc1C1=CCN(C(=O)CN2CCC(c3ccc4c(c3)n(C)c(=O)n4C3CCC(=O)NC3=O)CC2)C1. The van der Waals surface area contributed by atoms with E-state index in [0.717, 1.165) is 29.5 Å². The number of likely N-dealkylation sites (tertiary alicyclic amines) is 1. The van der Waals surface area contributed by atoms with Gasteiger partial charge in [-0.05, 0) is 97.1 Å². The molecule has 1 unspecified atom stereocenters. The van der Waals surface area contributed by atoms with E-state index < -0.39 is 51.9 Å². The first-order chi connectivity index (χ1) is 25.7. The number of rotatable bonds is 6. The van der Waals surface area contributed by atoms with Gasteiger partial charge in [0.1, 0.15) is 24.0 Å². The molecule has 4 amide bonds. The number of amides is 4. The molecule has 0 saturated carbocycles. The molecule has 4 aliphatic heterocycles. The molecule has 8 rings (SSSR count). The van der Waals surface area contributed by atoms with E-state index in [9.17, 15) is 37.5 Å². The summed E-state index contributed by atoms with van der Waals surface area (Å²) in [4.78, 5) is 66.6. The predicted molar refractivity (Wildman–Crippen MR) is 196 cm³/mol. The number of hydrogen-bond acceptors (Lipinski definition) is 9. The molecular formula is C37H38FN7O8S. The number of phenols is 1. The molecule has 0 bridgehead atoms. The Labute approximate surface area is 308 Å². The third kappa shape index (κ3) is 6.00. The summed E-state index contributed by atoms with van der Waals surface area (Å²) in [5, 5.41) is 13.3. The van der Waals surface area contributed by atoms with E-state index in [1.54, 1.807) is 28.8 Å². The Kier molecular flexibility index (Phi) is 8.60. The van der Waals surface area contributed by atoms with Crippen LogP contribution in [0.25, 0.3) is 27.4 Å². The van der Waals surface area contributed by atoms with Crippen molar-refractivity contribution in [1.82, 2.24) is 29.0 Å². The van der Waals surface area contributed by atoms with E-state index in [0.29, 0.717) is 52.5 Å². The van der Waals surface area contributed by atoms with E-state index in [-0.39, 0.29) is 48.2 Å². The molecule has 282 valence electrons. The van der Waals surface area contributed by atoms with Crippen LogP contribution in [0, 0.1) is 12.7 Å². The Balaban J connectivity index is 0.919. The number of aromatic hydroxyl groups is 1. The molecule has 3 aromatic carbocycles. The van der Waals surface area contributed by atoms with Crippen LogP contribution in [0.1, 0.15) is 54.3 Å². The second-order valence-corrected chi connectivity index (χ2v) is 16.1. The van der Waals surface area contributed by atoms with E-state index in [1.165, 1.54) is 15.2 Å². The Hall–Kier alpha value is -5.55. The zero-order valence-corrected chi connectivity index (χ0v) is 30.4. The third-order valence-electron chi connectivity index (χ3n) is 11.1. The van der Waals surface area contributed by atoms with Crippen molar-refractivity contribution in [1.29, 1.82) is 0 Å². The largest absolute Gasteiger partial charge is 0.506 e. The van der Waals surface area contributed by atoms with Crippen molar-refractivity contribution in [2.75, 3.05) is 43.6 Å². The van der Waals surface area contributed by atoms with E-state index in [1.807, 2.05) is 31.2 Å². The van der Waals surface area contributed by atoms with Crippen molar-refractivity contribution >= 4 is 66.9 Å². The minimum atomic E-state index is -4.36. The number of phenolic OH excluding ortho intramolecular Hbond substituents is 1. The number of carbonyl (C=O) groups excluding carboxylic acids is 4. The summed E-state index contributed by atoms with van der Waals surface area (Å²) in [6, 6.07) is 9.67. The van der Waals surface area contributed by atoms with Gasteiger partial charge in [0.2, 0.25) is 17.7 Å². The molecule has 54 heavy (non-hydrogen) atoms. The fourth-order valence-corrected chi connectivity index (χ4v) is 9.41. The first kappa shape index (κ1) is 35.5. The minimum absolute atomic E-state index is 0.0425. The van der Waals surface area contributed by atoms with Crippen molar-refractivity contribution in [3.63, 3.8) is 0 Å². The summed E-state index contributed by atoms with van der Waals surface area (Å²) in [6.45, 7) is 3.51. The van der Waals surface area contributed by atoms with Crippen LogP contribution in [0.2, 0.25) is 0 Å². The van der Waals surface area contributed by atoms with Crippen LogP contribution in [0.15, 0.2) is 47.3 Å². The lowest BCUT2D eigenvalue weighted by molar-refractivity contribution is -0.136. The topological polar surface area (TPSA) is 183 Å². The second kappa shape index (κ2) is 13.1. The number of hydrogen-bond donors (Lipinski definition) is 3. The number of benzene rings is 3. The van der Waals surface area contributed by atoms with Crippen LogP contribution in [-0.2, 0) is 36.4 Å². The smallest absolute Gasteiger partial charge is 0.329 e. The average Bonchev–Trinajstić information content (AvgIpc) is 3.79. The lowest BCUT2D eigenvalue weighted by atomic mass is 9.89. The maximum Gasteiger partial charge on any atom is 0.329 e. The maximum absolute atomic E-state index is 15.9. The summed E-state index contributed by atoms with van der Waals surface area (Å²) in [6.07, 6.45) is 3.99. The lowest BCUT2D eigenvalue weighted by Gasteiger charge is -2.32. The highest BCUT2D eigenvalue weighted by atomic mass is 32.2. The molecule has 4 aromatic rings. The van der Waals surface area contributed by atoms with Crippen molar-refractivity contribution in [2.45, 2.75) is 44.6 Å². The summed E-state index contributed by atoms with van der Waals surface area (Å²) in [5.41, 5.74) is 3.81. The van der Waals surface area contributed by atoms with Gasteiger partial charge in [0.05, 0.1) is 17.6 Å². The standard InChI is InChI=1S/C37H38FN7O8S/c1-20-13-24-15-30(46)35(44-18-32(48)40-54(44,52)53)34(38)26(24)16-25(20)23-9-12-43(17-23)33(49)19-42-10-7-21(8-11-42)22-3-4-27-29(14-22)41(2)37(51)45(27)28-5-6-31(47)39-36(28)50/h3-4,9,13-16,21,28,46H,5-8,10-12,17-19H2,1-2H3,(H,40,48)(H,39,47,50). The summed E-state index contributed by atoms with van der Waals surface area (Å²) >= 11 is 0. The highest BCUT2D eigenvalue weighted by molar-refractivity contribution is 7.92. The molecule has 3 fully saturated rings. The van der Waals surface area contributed by atoms with Gasteiger partial charge in [-0.2, -0.15) is 8.42 Å². The number of imide groups is 1. The second-order valence-electron chi connectivity index (χ2n) is 14.5. The van der Waals surface area contributed by atoms with E-state index >= 15 is 4.39 Å². The summed E-state index contributed by atoms with van der Waals surface area (Å²) in [5.74, 6) is -3.06. The van der Waals surface area contributed by atoms with Crippen molar-refractivity contribution < 1.29 is 37.1 Å². The number of anilines is 1. The zero-order valence-electron chi connectivity index (χ0n) is 29.6. The van der Waals surface area contributed by atoms with Crippen LogP contribution >= 0.6 is 0 Å². The number of imidazole rings is 1. The molecule has 1 atom stereocenters. The zero-order chi connectivity index (χ0) is 38.2. The Bertz CT molecular complexity index is 2520. The minimum Gasteiger partial charge on any atom is -0.506 e. The number of fused-ring (bicyclic) bond motifs is 2. The predicted octanol–water partition coefficient (Wildman–Crippen LogP) is 1.91. The fraction of sp³-hybridized carbons (Fsp3) is 0.378. The molecule has 15 nitrogen and oxygen atoms in total. The summed E-state index contributed by atoms with van der Waals surface area (Å²) in [7, 11) is -2.68. The number of aromatic nitrogens is 2. The van der Waals surface area contributed by atoms with Gasteiger partial charge in [0, 0.05) is 31.9 Å². The maximum atomic E-state index is 15.9. The molecule has 4 aliphatic rings. The first-order valence-electron chi connectivity index (χ1n) is 17.7. The van der Waals surface area contributed by atoms with Crippen molar-refractivity contribution in [3.05, 3.63) is 75.5 Å². The fourth-order valence-electron chi connectivity index (χ4n) is 8.24. The van der Waals surface area contributed by atoms with Gasteiger partial charge in [-0.15, -0.1) is 0 Å². The number of aryl methyl sites for hydroxylation is 2. The van der Waals surface area contributed by atoms with Crippen LogP contribution in [0.4, 0.5) is 10.1 Å². The summed E-state index contributed by atoms with van der Waals surface area (Å²) < 4.78 is 46.1. The number of nitrogens with one attached hydrogen (secondary N) is 2. The van der Waals surface area contributed by atoms with Crippen molar-refractivity contribution in [3.8, 4) is 5.75 Å². The number of nitrogens with zero attached hydrogens (tertiary/aromatic N) is 5. The van der Waals surface area contributed by atoms with Gasteiger partial charge in [0.15, 0.2) is 5.82 Å². The molecule has 3 N–H and O–H groups in total. The molecule has 0 radical (unpaired) electrons. The third-order valence-corrected chi connectivity index (χ3v) is 12.5. The van der Waals surface area contributed by atoms with Gasteiger partial charge < -0.3 is 10.0 Å². The monoisotopic (exact) mass is 759 g/mol. The van der Waals surface area contributed by atoms with Gasteiger partial charge in [0.25, 0.3) is 5.91 Å². The quantitative estimate of drug-likeness (QED) is 0.247. The van der Waals surface area contributed by atoms with Crippen LogP contribution in [0.5, 0.6) is 5.75 Å². The van der Waals surface area contributed by atoms with Crippen LogP contribution in [-0.4, -0.2) is 95.4 Å².